The number of hydrogen-bond acceptors (Lipinski definition) is 5. The van der Waals surface area contributed by atoms with Crippen LogP contribution in [0, 0.1) is 0 Å². The van der Waals surface area contributed by atoms with E-state index in [0.717, 1.165) is 18.2 Å². The highest BCUT2D eigenvalue weighted by Crippen LogP contribution is 2.23. The number of nitrogens with one attached hydrogen (secondary N) is 1. The minimum Gasteiger partial charge on any atom is -0.497 e. The molecule has 0 aromatic heterocycles. The number of amides is 2. The monoisotopic (exact) mass is 537 g/mol. The van der Waals surface area contributed by atoms with Crippen molar-refractivity contribution in [1.82, 2.24) is 10.2 Å². The molecule has 36 heavy (non-hydrogen) atoms. The van der Waals surface area contributed by atoms with Gasteiger partial charge in [0, 0.05) is 31.1 Å². The van der Waals surface area contributed by atoms with Crippen molar-refractivity contribution in [3.8, 4) is 5.75 Å². The van der Waals surface area contributed by atoms with Gasteiger partial charge in [0.1, 0.15) is 11.8 Å². The van der Waals surface area contributed by atoms with Crippen LogP contribution < -0.4 is 14.4 Å². The van der Waals surface area contributed by atoms with E-state index in [1.165, 1.54) is 11.4 Å². The molecule has 1 unspecified atom stereocenters. The highest BCUT2D eigenvalue weighted by atomic mass is 35.5. The predicted molar refractivity (Wildman–Crippen MR) is 144 cm³/mol. The van der Waals surface area contributed by atoms with Gasteiger partial charge < -0.3 is 15.0 Å². The van der Waals surface area contributed by atoms with E-state index in [9.17, 15) is 18.0 Å². The first-order valence-corrected chi connectivity index (χ1v) is 14.3. The molecule has 0 aliphatic rings. The van der Waals surface area contributed by atoms with Crippen LogP contribution in [0.5, 0.6) is 5.75 Å². The van der Waals surface area contributed by atoms with Gasteiger partial charge in [-0.3, -0.25) is 13.9 Å². The molecule has 2 rings (SSSR count). The molecule has 1 N–H and O–H groups in total. The molecule has 1 atom stereocenters. The van der Waals surface area contributed by atoms with Crippen LogP contribution in [0.2, 0.25) is 5.02 Å². The van der Waals surface area contributed by atoms with E-state index in [2.05, 4.69) is 5.32 Å². The molecule has 0 heterocycles. The summed E-state index contributed by atoms with van der Waals surface area (Å²) < 4.78 is 31.3. The first-order valence-electron chi connectivity index (χ1n) is 12.0. The van der Waals surface area contributed by atoms with Crippen LogP contribution in [0.4, 0.5) is 5.69 Å². The second-order valence-corrected chi connectivity index (χ2v) is 10.8. The Hall–Kier alpha value is -2.78. The lowest BCUT2D eigenvalue weighted by Crippen LogP contribution is -2.49. The van der Waals surface area contributed by atoms with Gasteiger partial charge in [-0.15, -0.1) is 0 Å². The maximum atomic E-state index is 13.4. The average Bonchev–Trinajstić information content (AvgIpc) is 2.85. The van der Waals surface area contributed by atoms with Crippen LogP contribution in [0.15, 0.2) is 48.5 Å². The van der Waals surface area contributed by atoms with Crippen molar-refractivity contribution in [2.75, 3.05) is 30.8 Å². The highest BCUT2D eigenvalue weighted by molar-refractivity contribution is 7.92. The Balaban J connectivity index is 2.18. The fraction of sp³-hybridized carbons (Fsp3) is 0.462. The topological polar surface area (TPSA) is 96.0 Å². The van der Waals surface area contributed by atoms with E-state index >= 15 is 0 Å². The van der Waals surface area contributed by atoms with E-state index < -0.39 is 16.1 Å². The first kappa shape index (κ1) is 29.5. The summed E-state index contributed by atoms with van der Waals surface area (Å²) in [6.07, 6.45) is 2.77. The molecule has 0 radical (unpaired) electrons. The Morgan fingerprint density at radius 1 is 1.06 bits per heavy atom. The normalized spacial score (nSPS) is 12.0. The SMILES string of the molecule is CCCNC(=O)C(CC)N(Cc1ccc(Cl)cc1)C(=O)CCCN(c1ccc(OC)cc1)S(C)(=O)=O. The highest BCUT2D eigenvalue weighted by Gasteiger charge is 2.28. The van der Waals surface area contributed by atoms with Crippen LogP contribution in [-0.2, 0) is 26.2 Å². The van der Waals surface area contributed by atoms with E-state index in [4.69, 9.17) is 16.3 Å². The number of benzene rings is 2. The van der Waals surface area contributed by atoms with Gasteiger partial charge in [0.25, 0.3) is 0 Å². The smallest absolute Gasteiger partial charge is 0.242 e. The summed E-state index contributed by atoms with van der Waals surface area (Å²) in [4.78, 5) is 27.8. The average molecular weight is 538 g/mol. The van der Waals surface area contributed by atoms with Crippen molar-refractivity contribution in [1.29, 1.82) is 0 Å². The number of carbonyl (C=O) groups excluding carboxylic acids is 2. The second kappa shape index (κ2) is 14.1. The number of carbonyl (C=O) groups is 2. The molecule has 2 amide bonds. The number of hydrogen-bond donors (Lipinski definition) is 1. The van der Waals surface area contributed by atoms with Gasteiger partial charge in [-0.25, -0.2) is 8.42 Å². The van der Waals surface area contributed by atoms with E-state index in [1.807, 2.05) is 26.0 Å². The molecule has 198 valence electrons. The van der Waals surface area contributed by atoms with Crippen molar-refractivity contribution in [3.05, 3.63) is 59.1 Å². The summed E-state index contributed by atoms with van der Waals surface area (Å²) >= 11 is 6.01. The van der Waals surface area contributed by atoms with Crippen LogP contribution in [-0.4, -0.2) is 57.6 Å². The van der Waals surface area contributed by atoms with Gasteiger partial charge >= 0.3 is 0 Å². The molecular formula is C26H36ClN3O5S. The van der Waals surface area contributed by atoms with Crippen LogP contribution >= 0.6 is 11.6 Å². The Kier molecular flexibility index (Phi) is 11.5. The molecule has 0 saturated carbocycles. The Labute approximate surface area is 219 Å². The van der Waals surface area contributed by atoms with Gasteiger partial charge in [0.15, 0.2) is 0 Å². The third-order valence-corrected chi connectivity index (χ3v) is 7.16. The minimum absolute atomic E-state index is 0.0906. The van der Waals surface area contributed by atoms with Gasteiger partial charge in [-0.1, -0.05) is 37.6 Å². The van der Waals surface area contributed by atoms with Crippen molar-refractivity contribution >= 4 is 39.1 Å². The van der Waals surface area contributed by atoms with Crippen molar-refractivity contribution in [3.63, 3.8) is 0 Å². The third kappa shape index (κ3) is 8.71. The number of methoxy groups -OCH3 is 1. The zero-order valence-electron chi connectivity index (χ0n) is 21.4. The lowest BCUT2D eigenvalue weighted by atomic mass is 10.1. The molecule has 10 heteroatoms. The second-order valence-electron chi connectivity index (χ2n) is 8.50. The molecule has 2 aromatic rings. The standard InChI is InChI=1S/C26H36ClN3O5S/c1-5-17-28-26(32)24(6-2)29(19-20-9-11-21(27)12-10-20)25(31)8-7-18-30(36(4,33)34)22-13-15-23(35-3)16-14-22/h9-16,24H,5-8,17-19H2,1-4H3,(H,28,32). The zero-order valence-corrected chi connectivity index (χ0v) is 22.9. The van der Waals surface area contributed by atoms with Crippen LogP contribution in [0.1, 0.15) is 45.1 Å². The summed E-state index contributed by atoms with van der Waals surface area (Å²) in [6, 6.07) is 13.2. The Morgan fingerprint density at radius 3 is 2.22 bits per heavy atom. The van der Waals surface area contributed by atoms with Crippen molar-refractivity contribution in [2.24, 2.45) is 0 Å². The maximum absolute atomic E-state index is 13.4. The number of nitrogens with zero attached hydrogens (tertiary/aromatic N) is 2. The molecule has 0 fully saturated rings. The summed E-state index contributed by atoms with van der Waals surface area (Å²) in [6.45, 7) is 4.75. The van der Waals surface area contributed by atoms with Gasteiger partial charge in [0.2, 0.25) is 21.8 Å². The molecule has 0 aliphatic heterocycles. The fourth-order valence-electron chi connectivity index (χ4n) is 3.82. The van der Waals surface area contributed by atoms with E-state index in [0.29, 0.717) is 35.8 Å². The number of sulfonamides is 1. The molecule has 2 aromatic carbocycles. The largest absolute Gasteiger partial charge is 0.497 e. The summed E-state index contributed by atoms with van der Waals surface area (Å²) in [7, 11) is -2.02. The predicted octanol–water partition coefficient (Wildman–Crippen LogP) is 4.23. The maximum Gasteiger partial charge on any atom is 0.242 e. The summed E-state index contributed by atoms with van der Waals surface area (Å²) in [5, 5.41) is 3.47. The van der Waals surface area contributed by atoms with E-state index in [-0.39, 0.29) is 31.3 Å². The van der Waals surface area contributed by atoms with E-state index in [1.54, 1.807) is 41.3 Å². The zero-order chi connectivity index (χ0) is 26.7. The Bertz CT molecular complexity index is 1090. The van der Waals surface area contributed by atoms with Gasteiger partial charge in [-0.2, -0.15) is 0 Å². The molecule has 0 spiro atoms. The van der Waals surface area contributed by atoms with Gasteiger partial charge in [-0.05, 0) is 61.2 Å². The van der Waals surface area contributed by atoms with Crippen molar-refractivity contribution in [2.45, 2.75) is 52.1 Å². The molecule has 8 nitrogen and oxygen atoms in total. The molecule has 0 aliphatic carbocycles. The Morgan fingerprint density at radius 2 is 1.69 bits per heavy atom. The lowest BCUT2D eigenvalue weighted by molar-refractivity contribution is -0.141. The quantitative estimate of drug-likeness (QED) is 0.389. The van der Waals surface area contributed by atoms with Crippen molar-refractivity contribution < 1.29 is 22.7 Å². The van der Waals surface area contributed by atoms with Crippen LogP contribution in [0.25, 0.3) is 0 Å². The third-order valence-electron chi connectivity index (χ3n) is 5.71. The minimum atomic E-state index is -3.56. The fourth-order valence-corrected chi connectivity index (χ4v) is 4.92. The van der Waals surface area contributed by atoms with Gasteiger partial charge in [0.05, 0.1) is 19.1 Å². The summed E-state index contributed by atoms with van der Waals surface area (Å²) in [5.74, 6) is 0.205. The first-order chi connectivity index (χ1) is 17.1. The number of halogens is 1. The number of rotatable bonds is 14. The summed E-state index contributed by atoms with van der Waals surface area (Å²) in [5.41, 5.74) is 1.35. The number of ether oxygens (including phenoxy) is 1. The molecule has 0 bridgehead atoms. The molecule has 0 saturated heterocycles. The molecular weight excluding hydrogens is 502 g/mol. The number of anilines is 1. The van der Waals surface area contributed by atoms with Crippen LogP contribution in [0.3, 0.4) is 0 Å². The lowest BCUT2D eigenvalue weighted by Gasteiger charge is -2.31.